The number of fused-ring (bicyclic) bond motifs is 1. The van der Waals surface area contributed by atoms with E-state index < -0.39 is 0 Å². The van der Waals surface area contributed by atoms with E-state index in [0.717, 1.165) is 34.0 Å². The molecule has 3 aromatic carbocycles. The van der Waals surface area contributed by atoms with Crippen molar-refractivity contribution in [2.24, 2.45) is 0 Å². The van der Waals surface area contributed by atoms with E-state index in [9.17, 15) is 4.79 Å². The molecule has 0 saturated heterocycles. The lowest BCUT2D eigenvalue weighted by Crippen LogP contribution is -2.52. The van der Waals surface area contributed by atoms with Gasteiger partial charge in [0.2, 0.25) is 5.95 Å². The van der Waals surface area contributed by atoms with Gasteiger partial charge in [-0.1, -0.05) is 67.8 Å². The monoisotopic (exact) mass is 506 g/mol. The molecular weight excluding hydrogens is 472 g/mol. The molecule has 194 valence electrons. The van der Waals surface area contributed by atoms with Crippen LogP contribution in [0.1, 0.15) is 48.9 Å². The average molecular weight is 507 g/mol. The van der Waals surface area contributed by atoms with Crippen molar-refractivity contribution in [1.82, 2.24) is 14.5 Å². The van der Waals surface area contributed by atoms with E-state index in [-0.39, 0.29) is 5.56 Å². The van der Waals surface area contributed by atoms with Crippen LogP contribution in [0.15, 0.2) is 89.7 Å². The summed E-state index contributed by atoms with van der Waals surface area (Å²) >= 11 is 0. The minimum absolute atomic E-state index is 0.0610. The van der Waals surface area contributed by atoms with Crippen LogP contribution in [-0.2, 0) is 13.1 Å². The first-order valence-electron chi connectivity index (χ1n) is 13.6. The van der Waals surface area contributed by atoms with Crippen LogP contribution in [0.25, 0.3) is 0 Å². The van der Waals surface area contributed by atoms with Gasteiger partial charge in [0.15, 0.2) is 0 Å². The topological polar surface area (TPSA) is 50.6 Å². The van der Waals surface area contributed by atoms with E-state index in [4.69, 9.17) is 9.72 Å². The molecule has 2 heterocycles. The predicted molar refractivity (Wildman–Crippen MR) is 151 cm³/mol. The minimum Gasteiger partial charge on any atom is -0.457 e. The van der Waals surface area contributed by atoms with Crippen LogP contribution in [0.4, 0.5) is 11.6 Å². The maximum Gasteiger partial charge on any atom is 0.259 e. The number of hydrogen-bond donors (Lipinski definition) is 0. The number of rotatable bonds is 6. The number of aromatic nitrogens is 2. The Kier molecular flexibility index (Phi) is 6.97. The van der Waals surface area contributed by atoms with E-state index in [1.807, 2.05) is 72.2 Å². The van der Waals surface area contributed by atoms with Crippen LogP contribution in [0, 0.1) is 6.92 Å². The molecule has 0 spiro atoms. The van der Waals surface area contributed by atoms with Gasteiger partial charge in [0.1, 0.15) is 11.5 Å². The average Bonchev–Trinajstić information content (AvgIpc) is 2.97. The molecule has 1 saturated carbocycles. The summed E-state index contributed by atoms with van der Waals surface area (Å²) < 4.78 is 7.90. The molecule has 2 aliphatic rings. The first kappa shape index (κ1) is 24.4. The Morgan fingerprint density at radius 1 is 0.816 bits per heavy atom. The highest BCUT2D eigenvalue weighted by atomic mass is 16.5. The highest BCUT2D eigenvalue weighted by molar-refractivity contribution is 5.60. The Morgan fingerprint density at radius 3 is 2.18 bits per heavy atom. The van der Waals surface area contributed by atoms with E-state index in [0.29, 0.717) is 31.7 Å². The van der Waals surface area contributed by atoms with Crippen molar-refractivity contribution in [3.05, 3.63) is 112 Å². The van der Waals surface area contributed by atoms with Crippen molar-refractivity contribution in [2.45, 2.75) is 58.2 Å². The van der Waals surface area contributed by atoms with Gasteiger partial charge in [-0.05, 0) is 61.7 Å². The van der Waals surface area contributed by atoms with Crippen LogP contribution in [0.2, 0.25) is 0 Å². The van der Waals surface area contributed by atoms with Gasteiger partial charge < -0.3 is 4.74 Å². The lowest BCUT2D eigenvalue weighted by molar-refractivity contribution is 0.107. The third-order valence-corrected chi connectivity index (χ3v) is 7.78. The highest BCUT2D eigenvalue weighted by Crippen LogP contribution is 2.33. The van der Waals surface area contributed by atoms with Gasteiger partial charge in [0.25, 0.3) is 5.56 Å². The van der Waals surface area contributed by atoms with Crippen LogP contribution >= 0.6 is 0 Å². The molecule has 4 aromatic rings. The van der Waals surface area contributed by atoms with Crippen LogP contribution < -0.4 is 15.2 Å². The second-order valence-electron chi connectivity index (χ2n) is 10.4. The Hall–Kier alpha value is -3.90. The minimum atomic E-state index is 0.0610. The first-order valence-corrected chi connectivity index (χ1v) is 13.6. The molecule has 0 atom stereocenters. The third kappa shape index (κ3) is 5.09. The van der Waals surface area contributed by atoms with Crippen molar-refractivity contribution in [3.8, 4) is 11.5 Å². The smallest absolute Gasteiger partial charge is 0.259 e. The molecule has 6 rings (SSSR count). The zero-order valence-electron chi connectivity index (χ0n) is 21.9. The maximum atomic E-state index is 14.0. The molecule has 38 heavy (non-hydrogen) atoms. The summed E-state index contributed by atoms with van der Waals surface area (Å²) in [6, 6.07) is 28.6. The number of para-hydroxylation sites is 1. The molecule has 1 aliphatic carbocycles. The summed E-state index contributed by atoms with van der Waals surface area (Å²) in [7, 11) is 0. The summed E-state index contributed by atoms with van der Waals surface area (Å²) in [6.45, 7) is 3.26. The highest BCUT2D eigenvalue weighted by Gasteiger charge is 2.32. The fourth-order valence-electron chi connectivity index (χ4n) is 5.69. The van der Waals surface area contributed by atoms with Gasteiger partial charge in [0, 0.05) is 23.7 Å². The number of hydrogen-bond acceptors (Lipinski definition) is 5. The second kappa shape index (κ2) is 10.8. The van der Waals surface area contributed by atoms with Gasteiger partial charge >= 0.3 is 0 Å². The molecule has 0 radical (unpaired) electrons. The molecule has 0 amide bonds. The fourth-order valence-corrected chi connectivity index (χ4v) is 5.69. The zero-order chi connectivity index (χ0) is 25.9. The van der Waals surface area contributed by atoms with Crippen molar-refractivity contribution in [1.29, 1.82) is 0 Å². The van der Waals surface area contributed by atoms with E-state index in [1.54, 1.807) is 0 Å². The summed E-state index contributed by atoms with van der Waals surface area (Å²) in [5, 5.41) is 0. The van der Waals surface area contributed by atoms with E-state index in [2.05, 4.69) is 34.1 Å². The van der Waals surface area contributed by atoms with Crippen LogP contribution in [0.5, 0.6) is 11.5 Å². The third-order valence-electron chi connectivity index (χ3n) is 7.78. The molecule has 1 aromatic heterocycles. The van der Waals surface area contributed by atoms with Gasteiger partial charge in [-0.25, -0.2) is 4.98 Å². The fraction of sp³-hybridized carbons (Fsp3) is 0.312. The van der Waals surface area contributed by atoms with E-state index >= 15 is 0 Å². The number of aryl methyl sites for hydroxylation is 1. The molecule has 6 nitrogen and oxygen atoms in total. The largest absolute Gasteiger partial charge is 0.457 e. The standard InChI is InChI=1S/C32H34N4O2/c1-24-30(21-25-11-5-2-6-12-25)31(37)36-23-34(26-13-7-3-8-14-26)22-35(32(36)33-24)27-17-19-29(20-18-27)38-28-15-9-4-10-16-28/h2,4-6,9-12,15-20,26H,3,7-8,13-14,21-23H2,1H3. The second-order valence-corrected chi connectivity index (χ2v) is 10.4. The number of nitrogens with zero attached hydrogens (tertiary/aromatic N) is 4. The summed E-state index contributed by atoms with van der Waals surface area (Å²) in [5.41, 5.74) is 3.76. The van der Waals surface area contributed by atoms with Crippen molar-refractivity contribution >= 4 is 11.6 Å². The maximum absolute atomic E-state index is 14.0. The molecule has 0 N–H and O–H groups in total. The Bertz CT molecular complexity index is 1430. The Balaban J connectivity index is 1.36. The zero-order valence-corrected chi connectivity index (χ0v) is 21.9. The Morgan fingerprint density at radius 2 is 1.47 bits per heavy atom. The SMILES string of the molecule is Cc1nc2n(c(=O)c1Cc1ccccc1)CN(C1CCCCC1)CN2c1ccc(Oc2ccccc2)cc1. The first-order chi connectivity index (χ1) is 18.7. The van der Waals surface area contributed by atoms with Crippen LogP contribution in [-0.4, -0.2) is 27.2 Å². The molecule has 0 bridgehead atoms. The van der Waals surface area contributed by atoms with E-state index in [1.165, 1.54) is 32.1 Å². The molecule has 1 fully saturated rings. The van der Waals surface area contributed by atoms with Gasteiger partial charge in [-0.15, -0.1) is 0 Å². The van der Waals surface area contributed by atoms with Crippen molar-refractivity contribution < 1.29 is 4.74 Å². The van der Waals surface area contributed by atoms with Gasteiger partial charge in [-0.3, -0.25) is 19.2 Å². The summed E-state index contributed by atoms with van der Waals surface area (Å²) in [6.07, 6.45) is 6.75. The van der Waals surface area contributed by atoms with Gasteiger partial charge in [0.05, 0.1) is 19.0 Å². The molecule has 0 unspecified atom stereocenters. The lowest BCUT2D eigenvalue weighted by atomic mass is 9.94. The predicted octanol–water partition coefficient (Wildman–Crippen LogP) is 6.64. The number of anilines is 2. The number of benzene rings is 3. The lowest BCUT2D eigenvalue weighted by Gasteiger charge is -2.43. The summed E-state index contributed by atoms with van der Waals surface area (Å²) in [5.74, 6) is 2.30. The molecular formula is C32H34N4O2. The van der Waals surface area contributed by atoms with Crippen molar-refractivity contribution in [2.75, 3.05) is 11.6 Å². The molecule has 1 aliphatic heterocycles. The Labute approximate surface area is 224 Å². The van der Waals surface area contributed by atoms with Crippen LogP contribution in [0.3, 0.4) is 0 Å². The van der Waals surface area contributed by atoms with Crippen molar-refractivity contribution in [3.63, 3.8) is 0 Å². The number of ether oxygens (including phenoxy) is 1. The summed E-state index contributed by atoms with van der Waals surface area (Å²) in [4.78, 5) is 23.6. The molecule has 6 heteroatoms. The normalized spacial score (nSPS) is 16.3. The van der Waals surface area contributed by atoms with Gasteiger partial charge in [-0.2, -0.15) is 0 Å². The quantitative estimate of drug-likeness (QED) is 0.294.